The second-order valence-electron chi connectivity index (χ2n) is 2.40. The number of rotatable bonds is 5. The predicted octanol–water partition coefficient (Wildman–Crippen LogP) is 2.36. The molecule has 0 rings (SSSR count). The standard InChI is InChI=1S/C7H12BrFO2/c1-2-3-4-5(9)6(8)7(10)11/h5-6H,2-4H2,1H3,(H,10,11). The van der Waals surface area contributed by atoms with Crippen molar-refractivity contribution in [2.75, 3.05) is 0 Å². The number of unbranched alkanes of at least 4 members (excludes halogenated alkanes) is 1. The quantitative estimate of drug-likeness (QED) is 0.732. The van der Waals surface area contributed by atoms with E-state index in [1.165, 1.54) is 0 Å². The van der Waals surface area contributed by atoms with Crippen LogP contribution in [0.4, 0.5) is 4.39 Å². The monoisotopic (exact) mass is 226 g/mol. The Hall–Kier alpha value is -0.120. The van der Waals surface area contributed by atoms with Crippen LogP contribution in [0.25, 0.3) is 0 Å². The third-order valence-electron chi connectivity index (χ3n) is 1.39. The van der Waals surface area contributed by atoms with E-state index in [9.17, 15) is 9.18 Å². The van der Waals surface area contributed by atoms with Crippen molar-refractivity contribution in [1.29, 1.82) is 0 Å². The van der Waals surface area contributed by atoms with E-state index in [1.807, 2.05) is 6.92 Å². The molecule has 0 aliphatic carbocycles. The number of alkyl halides is 2. The minimum Gasteiger partial charge on any atom is -0.480 e. The highest BCUT2D eigenvalue weighted by atomic mass is 79.9. The van der Waals surface area contributed by atoms with Crippen LogP contribution in [0.2, 0.25) is 0 Å². The molecule has 2 atom stereocenters. The van der Waals surface area contributed by atoms with Crippen molar-refractivity contribution in [3.63, 3.8) is 0 Å². The van der Waals surface area contributed by atoms with Gasteiger partial charge in [0, 0.05) is 0 Å². The summed E-state index contributed by atoms with van der Waals surface area (Å²) in [5, 5.41) is 8.36. The predicted molar refractivity (Wildman–Crippen MR) is 44.8 cm³/mol. The van der Waals surface area contributed by atoms with E-state index in [2.05, 4.69) is 15.9 Å². The summed E-state index contributed by atoms with van der Waals surface area (Å²) in [4.78, 5) is 9.17. The summed E-state index contributed by atoms with van der Waals surface area (Å²) in [6.07, 6.45) is 0.669. The molecular weight excluding hydrogens is 215 g/mol. The molecule has 0 spiro atoms. The molecule has 0 saturated heterocycles. The fourth-order valence-electron chi connectivity index (χ4n) is 0.700. The molecule has 0 aromatic carbocycles. The highest BCUT2D eigenvalue weighted by Gasteiger charge is 2.23. The molecule has 0 aliphatic rings. The van der Waals surface area contributed by atoms with Crippen LogP contribution in [0.3, 0.4) is 0 Å². The van der Waals surface area contributed by atoms with Crippen LogP contribution in [0.1, 0.15) is 26.2 Å². The van der Waals surface area contributed by atoms with E-state index in [1.54, 1.807) is 0 Å². The average molecular weight is 227 g/mol. The van der Waals surface area contributed by atoms with Gasteiger partial charge in [0.15, 0.2) is 0 Å². The van der Waals surface area contributed by atoms with E-state index in [0.29, 0.717) is 6.42 Å². The Balaban J connectivity index is 3.63. The first-order chi connectivity index (χ1) is 5.09. The highest BCUT2D eigenvalue weighted by molar-refractivity contribution is 9.10. The molecule has 4 heteroatoms. The maximum atomic E-state index is 12.8. The molecule has 0 radical (unpaired) electrons. The molecule has 0 amide bonds. The van der Waals surface area contributed by atoms with Crippen LogP contribution in [0.5, 0.6) is 0 Å². The summed E-state index contributed by atoms with van der Waals surface area (Å²) < 4.78 is 12.8. The number of carboxylic acid groups (broad SMARTS) is 1. The fraction of sp³-hybridized carbons (Fsp3) is 0.857. The van der Waals surface area contributed by atoms with E-state index in [4.69, 9.17) is 5.11 Å². The Bertz CT molecular complexity index is 130. The second kappa shape index (κ2) is 5.52. The summed E-state index contributed by atoms with van der Waals surface area (Å²) >= 11 is 2.76. The first-order valence-electron chi connectivity index (χ1n) is 3.60. The number of aliphatic carboxylic acids is 1. The van der Waals surface area contributed by atoms with Crippen LogP contribution in [-0.4, -0.2) is 22.1 Å². The van der Waals surface area contributed by atoms with Crippen LogP contribution in [-0.2, 0) is 4.79 Å². The molecule has 0 fully saturated rings. The molecule has 0 aliphatic heterocycles. The number of carboxylic acids is 1. The SMILES string of the molecule is CCCCC(F)C(Br)C(=O)O. The highest BCUT2D eigenvalue weighted by Crippen LogP contribution is 2.15. The van der Waals surface area contributed by atoms with Crippen molar-refractivity contribution in [1.82, 2.24) is 0 Å². The number of carbonyl (C=O) groups is 1. The van der Waals surface area contributed by atoms with Crippen molar-refractivity contribution in [3.05, 3.63) is 0 Å². The lowest BCUT2D eigenvalue weighted by atomic mass is 10.1. The summed E-state index contributed by atoms with van der Waals surface area (Å²) in [6.45, 7) is 1.94. The third kappa shape index (κ3) is 4.35. The second-order valence-corrected chi connectivity index (χ2v) is 3.38. The Morgan fingerprint density at radius 1 is 1.73 bits per heavy atom. The Morgan fingerprint density at radius 3 is 2.64 bits per heavy atom. The van der Waals surface area contributed by atoms with Crippen molar-refractivity contribution < 1.29 is 14.3 Å². The van der Waals surface area contributed by atoms with Gasteiger partial charge < -0.3 is 5.11 Å². The first kappa shape index (κ1) is 10.9. The molecule has 2 unspecified atom stereocenters. The summed E-state index contributed by atoms with van der Waals surface area (Å²) in [5.74, 6) is -1.13. The van der Waals surface area contributed by atoms with Crippen LogP contribution in [0, 0.1) is 0 Å². The molecular formula is C7H12BrFO2. The fourth-order valence-corrected chi connectivity index (χ4v) is 0.964. The van der Waals surface area contributed by atoms with Crippen LogP contribution >= 0.6 is 15.9 Å². The molecule has 0 heterocycles. The summed E-state index contributed by atoms with van der Waals surface area (Å²) in [6, 6.07) is 0. The van der Waals surface area contributed by atoms with Gasteiger partial charge in [0.1, 0.15) is 11.0 Å². The maximum Gasteiger partial charge on any atom is 0.320 e. The van der Waals surface area contributed by atoms with E-state index in [0.717, 1.165) is 12.8 Å². The lowest BCUT2D eigenvalue weighted by molar-refractivity contribution is -0.137. The van der Waals surface area contributed by atoms with E-state index < -0.39 is 17.0 Å². The van der Waals surface area contributed by atoms with Gasteiger partial charge in [0.25, 0.3) is 0 Å². The number of hydrogen-bond acceptors (Lipinski definition) is 1. The molecule has 0 saturated carbocycles. The lowest BCUT2D eigenvalue weighted by Gasteiger charge is -2.09. The molecule has 0 aromatic heterocycles. The average Bonchev–Trinajstić information content (AvgIpc) is 1.98. The maximum absolute atomic E-state index is 12.8. The Labute approximate surface area is 73.9 Å². The van der Waals surface area contributed by atoms with Gasteiger partial charge in [-0.1, -0.05) is 35.7 Å². The minimum absolute atomic E-state index is 0.318. The van der Waals surface area contributed by atoms with Gasteiger partial charge in [-0.3, -0.25) is 4.79 Å². The zero-order chi connectivity index (χ0) is 8.85. The smallest absolute Gasteiger partial charge is 0.320 e. The van der Waals surface area contributed by atoms with Gasteiger partial charge >= 0.3 is 5.97 Å². The molecule has 0 bridgehead atoms. The molecule has 11 heavy (non-hydrogen) atoms. The van der Waals surface area contributed by atoms with Crippen LogP contribution < -0.4 is 0 Å². The van der Waals surface area contributed by atoms with E-state index >= 15 is 0 Å². The van der Waals surface area contributed by atoms with Gasteiger partial charge in [-0.25, -0.2) is 4.39 Å². The minimum atomic E-state index is -1.27. The molecule has 1 N–H and O–H groups in total. The van der Waals surface area contributed by atoms with Gasteiger partial charge in [-0.2, -0.15) is 0 Å². The van der Waals surface area contributed by atoms with Crippen LogP contribution in [0.15, 0.2) is 0 Å². The normalized spacial score (nSPS) is 15.9. The Kier molecular flexibility index (Phi) is 5.46. The van der Waals surface area contributed by atoms with Gasteiger partial charge in [-0.05, 0) is 6.42 Å². The van der Waals surface area contributed by atoms with Crippen molar-refractivity contribution in [2.24, 2.45) is 0 Å². The molecule has 2 nitrogen and oxygen atoms in total. The van der Waals surface area contributed by atoms with Gasteiger partial charge in [0.05, 0.1) is 0 Å². The zero-order valence-corrected chi connectivity index (χ0v) is 7.97. The lowest BCUT2D eigenvalue weighted by Crippen LogP contribution is -2.24. The van der Waals surface area contributed by atoms with Crippen molar-refractivity contribution in [3.8, 4) is 0 Å². The molecule has 66 valence electrons. The third-order valence-corrected chi connectivity index (χ3v) is 2.35. The summed E-state index contributed by atoms with van der Waals surface area (Å²) in [7, 11) is 0. The first-order valence-corrected chi connectivity index (χ1v) is 4.52. The summed E-state index contributed by atoms with van der Waals surface area (Å²) in [5.41, 5.74) is 0. The number of halogens is 2. The van der Waals surface area contributed by atoms with Gasteiger partial charge in [-0.15, -0.1) is 0 Å². The van der Waals surface area contributed by atoms with E-state index in [-0.39, 0.29) is 0 Å². The topological polar surface area (TPSA) is 37.3 Å². The number of hydrogen-bond donors (Lipinski definition) is 1. The van der Waals surface area contributed by atoms with Crippen molar-refractivity contribution in [2.45, 2.75) is 37.2 Å². The zero-order valence-electron chi connectivity index (χ0n) is 6.39. The van der Waals surface area contributed by atoms with Gasteiger partial charge in [0.2, 0.25) is 0 Å². The largest absolute Gasteiger partial charge is 0.480 e. The Morgan fingerprint density at radius 2 is 2.27 bits per heavy atom. The van der Waals surface area contributed by atoms with Crippen molar-refractivity contribution >= 4 is 21.9 Å². The molecule has 0 aromatic rings.